The number of nitrogens with two attached hydrogens (primary N) is 1. The van der Waals surface area contributed by atoms with Crippen LogP contribution in [0.2, 0.25) is 5.02 Å². The predicted octanol–water partition coefficient (Wildman–Crippen LogP) is 1.60. The molecule has 1 aromatic rings. The van der Waals surface area contributed by atoms with E-state index in [1.54, 1.807) is 13.0 Å². The van der Waals surface area contributed by atoms with E-state index < -0.39 is 10.0 Å². The van der Waals surface area contributed by atoms with Crippen molar-refractivity contribution in [3.8, 4) is 0 Å². The third kappa shape index (κ3) is 2.21. The molecular weight excluding hydrogens is 210 g/mol. The molecule has 0 aliphatic rings. The van der Waals surface area contributed by atoms with E-state index in [-0.39, 0.29) is 9.92 Å². The zero-order chi connectivity index (χ0) is 10.2. The summed E-state index contributed by atoms with van der Waals surface area (Å²) in [6.45, 7) is 3.66. The SMILES string of the molecule is Cc1cc(Cl)c(S(N)(=O)=O)cc1C. The molecule has 1 rings (SSSR count). The van der Waals surface area contributed by atoms with Crippen LogP contribution in [0.5, 0.6) is 0 Å². The summed E-state index contributed by atoms with van der Waals surface area (Å²) in [5.41, 5.74) is 1.80. The average Bonchev–Trinajstić information content (AvgIpc) is 1.94. The Labute approximate surface area is 82.6 Å². The van der Waals surface area contributed by atoms with E-state index in [0.29, 0.717) is 0 Å². The van der Waals surface area contributed by atoms with Crippen LogP contribution in [-0.2, 0) is 10.0 Å². The molecule has 2 N–H and O–H groups in total. The molecule has 72 valence electrons. The molecule has 0 amide bonds. The van der Waals surface area contributed by atoms with Crippen molar-refractivity contribution in [3.05, 3.63) is 28.3 Å². The van der Waals surface area contributed by atoms with E-state index in [2.05, 4.69) is 0 Å². The Morgan fingerprint density at radius 2 is 1.69 bits per heavy atom. The zero-order valence-electron chi connectivity index (χ0n) is 7.33. The Morgan fingerprint density at radius 1 is 1.23 bits per heavy atom. The fraction of sp³-hybridized carbons (Fsp3) is 0.250. The van der Waals surface area contributed by atoms with Crippen molar-refractivity contribution < 1.29 is 8.42 Å². The van der Waals surface area contributed by atoms with Crippen LogP contribution < -0.4 is 5.14 Å². The van der Waals surface area contributed by atoms with Gasteiger partial charge in [0, 0.05) is 0 Å². The number of primary sulfonamides is 1. The number of halogens is 1. The van der Waals surface area contributed by atoms with Gasteiger partial charge in [-0.25, -0.2) is 13.6 Å². The molecule has 5 heteroatoms. The molecule has 0 fully saturated rings. The molecule has 0 aliphatic heterocycles. The summed E-state index contributed by atoms with van der Waals surface area (Å²) in [5.74, 6) is 0. The fourth-order valence-electron chi connectivity index (χ4n) is 0.973. The van der Waals surface area contributed by atoms with E-state index in [1.165, 1.54) is 6.07 Å². The maximum absolute atomic E-state index is 11.0. The van der Waals surface area contributed by atoms with Gasteiger partial charge in [0.1, 0.15) is 4.90 Å². The van der Waals surface area contributed by atoms with Gasteiger partial charge in [-0.05, 0) is 37.1 Å². The summed E-state index contributed by atoms with van der Waals surface area (Å²) >= 11 is 5.73. The van der Waals surface area contributed by atoms with Gasteiger partial charge in [0.25, 0.3) is 0 Å². The van der Waals surface area contributed by atoms with Crippen molar-refractivity contribution in [2.45, 2.75) is 18.7 Å². The minimum atomic E-state index is -3.70. The van der Waals surface area contributed by atoms with Crippen LogP contribution in [-0.4, -0.2) is 8.42 Å². The van der Waals surface area contributed by atoms with Gasteiger partial charge in [0.05, 0.1) is 5.02 Å². The summed E-state index contributed by atoms with van der Waals surface area (Å²) in [6, 6.07) is 3.07. The molecule has 0 heterocycles. The average molecular weight is 220 g/mol. The largest absolute Gasteiger partial charge is 0.239 e. The quantitative estimate of drug-likeness (QED) is 0.780. The van der Waals surface area contributed by atoms with Gasteiger partial charge in [-0.3, -0.25) is 0 Å². The summed E-state index contributed by atoms with van der Waals surface area (Å²) in [4.78, 5) is -0.0164. The van der Waals surface area contributed by atoms with Crippen molar-refractivity contribution in [1.29, 1.82) is 0 Å². The number of sulfonamides is 1. The van der Waals surface area contributed by atoms with Gasteiger partial charge < -0.3 is 0 Å². The fourth-order valence-corrected chi connectivity index (χ4v) is 2.19. The van der Waals surface area contributed by atoms with Crippen molar-refractivity contribution in [2.24, 2.45) is 5.14 Å². The Morgan fingerprint density at radius 3 is 2.15 bits per heavy atom. The highest BCUT2D eigenvalue weighted by atomic mass is 35.5. The molecule has 0 spiro atoms. The lowest BCUT2D eigenvalue weighted by Crippen LogP contribution is -2.13. The summed E-state index contributed by atoms with van der Waals surface area (Å²) < 4.78 is 22.0. The van der Waals surface area contributed by atoms with E-state index in [1.807, 2.05) is 6.92 Å². The Bertz CT molecular complexity index is 440. The Balaban J connectivity index is 3.50. The normalized spacial score (nSPS) is 11.7. The molecule has 0 radical (unpaired) electrons. The summed E-state index contributed by atoms with van der Waals surface area (Å²) in [7, 11) is -3.70. The molecule has 1 aromatic carbocycles. The second kappa shape index (κ2) is 3.29. The predicted molar refractivity (Wildman–Crippen MR) is 52.3 cm³/mol. The van der Waals surface area contributed by atoms with E-state index in [0.717, 1.165) is 11.1 Å². The monoisotopic (exact) mass is 219 g/mol. The molecule has 0 bridgehead atoms. The number of hydrogen-bond donors (Lipinski definition) is 1. The van der Waals surface area contributed by atoms with Crippen molar-refractivity contribution >= 4 is 21.6 Å². The smallest absolute Gasteiger partial charge is 0.225 e. The first kappa shape index (κ1) is 10.5. The second-order valence-electron chi connectivity index (χ2n) is 2.91. The Kier molecular flexibility index (Phi) is 2.66. The maximum atomic E-state index is 11.0. The van der Waals surface area contributed by atoms with Crippen LogP contribution in [0.1, 0.15) is 11.1 Å². The zero-order valence-corrected chi connectivity index (χ0v) is 8.91. The van der Waals surface area contributed by atoms with Crippen LogP contribution >= 0.6 is 11.6 Å². The standard InChI is InChI=1S/C8H10ClNO2S/c1-5-3-7(9)8(4-6(5)2)13(10,11)12/h3-4H,1-2H3,(H2,10,11,12). The lowest BCUT2D eigenvalue weighted by molar-refractivity contribution is 0.597. The lowest BCUT2D eigenvalue weighted by atomic mass is 10.1. The first-order valence-electron chi connectivity index (χ1n) is 3.62. The molecule has 0 aliphatic carbocycles. The molecular formula is C8H10ClNO2S. The summed E-state index contributed by atoms with van der Waals surface area (Å²) in [5, 5.41) is 5.14. The van der Waals surface area contributed by atoms with Gasteiger partial charge in [-0.1, -0.05) is 11.6 Å². The van der Waals surface area contributed by atoms with Crippen LogP contribution in [0.3, 0.4) is 0 Å². The second-order valence-corrected chi connectivity index (χ2v) is 4.85. The highest BCUT2D eigenvalue weighted by Crippen LogP contribution is 2.23. The third-order valence-electron chi connectivity index (χ3n) is 1.85. The molecule has 0 saturated carbocycles. The minimum absolute atomic E-state index is 0.0164. The van der Waals surface area contributed by atoms with Crippen molar-refractivity contribution in [2.75, 3.05) is 0 Å². The van der Waals surface area contributed by atoms with E-state index >= 15 is 0 Å². The van der Waals surface area contributed by atoms with Gasteiger partial charge >= 0.3 is 0 Å². The first-order valence-corrected chi connectivity index (χ1v) is 5.54. The molecule has 0 saturated heterocycles. The van der Waals surface area contributed by atoms with E-state index in [4.69, 9.17) is 16.7 Å². The number of benzene rings is 1. The molecule has 0 unspecified atom stereocenters. The number of aryl methyl sites for hydroxylation is 2. The highest BCUT2D eigenvalue weighted by molar-refractivity contribution is 7.89. The van der Waals surface area contributed by atoms with Crippen LogP contribution in [0.4, 0.5) is 0 Å². The molecule has 0 atom stereocenters. The van der Waals surface area contributed by atoms with Crippen LogP contribution in [0.25, 0.3) is 0 Å². The Hall–Kier alpha value is -0.580. The molecule has 13 heavy (non-hydrogen) atoms. The molecule has 0 aromatic heterocycles. The highest BCUT2D eigenvalue weighted by Gasteiger charge is 2.13. The topological polar surface area (TPSA) is 60.2 Å². The van der Waals surface area contributed by atoms with Crippen molar-refractivity contribution in [1.82, 2.24) is 0 Å². The van der Waals surface area contributed by atoms with Gasteiger partial charge in [0.15, 0.2) is 0 Å². The van der Waals surface area contributed by atoms with E-state index in [9.17, 15) is 8.42 Å². The minimum Gasteiger partial charge on any atom is -0.225 e. The maximum Gasteiger partial charge on any atom is 0.239 e. The lowest BCUT2D eigenvalue weighted by Gasteiger charge is -2.05. The van der Waals surface area contributed by atoms with Crippen LogP contribution in [0.15, 0.2) is 17.0 Å². The van der Waals surface area contributed by atoms with Gasteiger partial charge in [-0.2, -0.15) is 0 Å². The first-order chi connectivity index (χ1) is 5.82. The number of hydrogen-bond acceptors (Lipinski definition) is 2. The van der Waals surface area contributed by atoms with Gasteiger partial charge in [0.2, 0.25) is 10.0 Å². The summed E-state index contributed by atoms with van der Waals surface area (Å²) in [6.07, 6.45) is 0. The molecule has 3 nitrogen and oxygen atoms in total. The number of rotatable bonds is 1. The van der Waals surface area contributed by atoms with Crippen molar-refractivity contribution in [3.63, 3.8) is 0 Å². The van der Waals surface area contributed by atoms with Crippen LogP contribution in [0, 0.1) is 13.8 Å². The third-order valence-corrected chi connectivity index (χ3v) is 3.23. The van der Waals surface area contributed by atoms with Gasteiger partial charge in [-0.15, -0.1) is 0 Å².